The fourth-order valence-corrected chi connectivity index (χ4v) is 2.05. The summed E-state index contributed by atoms with van der Waals surface area (Å²) in [6.45, 7) is 6.15. The molecule has 0 amide bonds. The third kappa shape index (κ3) is 6.93. The maximum Gasteiger partial charge on any atom is 0.159 e. The van der Waals surface area contributed by atoms with E-state index in [2.05, 4.69) is 16.4 Å². The predicted octanol–water partition coefficient (Wildman–Crippen LogP) is 3.32. The molecule has 1 aromatic carbocycles. The molecule has 140 valence electrons. The Balaban J connectivity index is 0.00000338. The Morgan fingerprint density at radius 3 is 2.77 bits per heavy atom. The fourth-order valence-electron chi connectivity index (χ4n) is 2.05. The van der Waals surface area contributed by atoms with E-state index >= 15 is 0 Å². The van der Waals surface area contributed by atoms with Gasteiger partial charge in [-0.15, -0.1) is 18.8 Å². The molecule has 6 heteroatoms. The van der Waals surface area contributed by atoms with Crippen molar-refractivity contribution in [1.82, 2.24) is 10.5 Å². The van der Waals surface area contributed by atoms with Gasteiger partial charge in [-0.05, 0) is 39.0 Å². The van der Waals surface area contributed by atoms with Crippen molar-refractivity contribution >= 4 is 24.6 Å². The first-order valence-corrected chi connectivity index (χ1v) is 8.14. The van der Waals surface area contributed by atoms with E-state index < -0.39 is 11.6 Å². The lowest BCUT2D eigenvalue weighted by Gasteiger charge is -2.22. The first-order valence-electron chi connectivity index (χ1n) is 8.14. The average Bonchev–Trinajstić information content (AvgIpc) is 3.02. The van der Waals surface area contributed by atoms with Crippen LogP contribution in [0.1, 0.15) is 30.9 Å². The molecule has 26 heavy (non-hydrogen) atoms. The highest BCUT2D eigenvalue weighted by atomic mass is 35.5. The predicted molar refractivity (Wildman–Crippen MR) is 106 cm³/mol. The summed E-state index contributed by atoms with van der Waals surface area (Å²) in [5, 5.41) is 17.0. The van der Waals surface area contributed by atoms with E-state index in [9.17, 15) is 5.11 Å². The second-order valence-electron chi connectivity index (χ2n) is 6.36. The van der Waals surface area contributed by atoms with Crippen molar-refractivity contribution in [3.8, 4) is 18.1 Å². The molecule has 2 rings (SSSR count). The van der Waals surface area contributed by atoms with Crippen molar-refractivity contribution in [1.29, 1.82) is 0 Å². The van der Waals surface area contributed by atoms with Crippen molar-refractivity contribution in [2.24, 2.45) is 0 Å². The molecule has 2 aromatic rings. The Morgan fingerprint density at radius 1 is 1.38 bits per heavy atom. The molecule has 0 fully saturated rings. The minimum absolute atomic E-state index is 0. The maximum absolute atomic E-state index is 10.1. The van der Waals surface area contributed by atoms with E-state index in [-0.39, 0.29) is 19.0 Å². The van der Waals surface area contributed by atoms with E-state index in [0.717, 1.165) is 11.3 Å². The van der Waals surface area contributed by atoms with Crippen LogP contribution in [-0.2, 0) is 0 Å². The van der Waals surface area contributed by atoms with Crippen LogP contribution in [0.3, 0.4) is 0 Å². The number of aliphatic hydroxyl groups is 1. The van der Waals surface area contributed by atoms with Gasteiger partial charge >= 0.3 is 0 Å². The molecular formula is C20H25ClN2O3. The summed E-state index contributed by atoms with van der Waals surface area (Å²) in [4.78, 5) is 0. The summed E-state index contributed by atoms with van der Waals surface area (Å²) in [7, 11) is 0. The number of β-amino-alcohol motifs (C(OH)–C–C–N with tert-alkyl or cyclic N) is 1. The summed E-state index contributed by atoms with van der Waals surface area (Å²) in [5.74, 6) is 3.99. The number of aryl methyl sites for hydroxylation is 1. The number of aliphatic hydroxyl groups excluding tert-OH is 1. The van der Waals surface area contributed by atoms with Gasteiger partial charge in [0.15, 0.2) is 5.76 Å². The molecule has 0 aliphatic heterocycles. The first kappa shape index (κ1) is 21.8. The van der Waals surface area contributed by atoms with Gasteiger partial charge < -0.3 is 14.4 Å². The summed E-state index contributed by atoms with van der Waals surface area (Å²) in [6.07, 6.45) is 8.47. The highest BCUT2D eigenvalue weighted by Crippen LogP contribution is 2.21. The highest BCUT2D eigenvalue weighted by molar-refractivity contribution is 5.85. The van der Waals surface area contributed by atoms with Crippen LogP contribution in [0, 0.1) is 19.3 Å². The number of halogens is 1. The Bertz CT molecular complexity index is 762. The minimum Gasteiger partial charge on any atom is -0.490 e. The molecule has 0 radical (unpaired) electrons. The molecule has 0 spiro atoms. The summed E-state index contributed by atoms with van der Waals surface area (Å²) in [5.41, 5.74) is 1.26. The summed E-state index contributed by atoms with van der Waals surface area (Å²) >= 11 is 0. The molecule has 1 heterocycles. The lowest BCUT2D eigenvalue weighted by Crippen LogP contribution is -2.43. The number of aromatic nitrogens is 1. The first-order chi connectivity index (χ1) is 11.9. The zero-order chi connectivity index (χ0) is 18.3. The monoisotopic (exact) mass is 376 g/mol. The van der Waals surface area contributed by atoms with Crippen molar-refractivity contribution in [3.63, 3.8) is 0 Å². The van der Waals surface area contributed by atoms with Crippen LogP contribution < -0.4 is 10.1 Å². The Morgan fingerprint density at radius 2 is 2.12 bits per heavy atom. The largest absolute Gasteiger partial charge is 0.490 e. The van der Waals surface area contributed by atoms with Crippen LogP contribution in [0.5, 0.6) is 5.75 Å². The molecule has 2 N–H and O–H groups in total. The molecule has 0 saturated carbocycles. The third-order valence-electron chi connectivity index (χ3n) is 3.56. The number of hydrogen-bond acceptors (Lipinski definition) is 5. The normalized spacial score (nSPS) is 12.4. The number of terminal acetylenes is 1. The number of rotatable bonds is 8. The van der Waals surface area contributed by atoms with Gasteiger partial charge in [0.25, 0.3) is 0 Å². The van der Waals surface area contributed by atoms with Crippen LogP contribution in [0.25, 0.3) is 12.2 Å². The number of ether oxygens (including phenoxy) is 1. The van der Waals surface area contributed by atoms with Crippen molar-refractivity contribution in [2.45, 2.75) is 32.4 Å². The van der Waals surface area contributed by atoms with Crippen LogP contribution in [0.4, 0.5) is 0 Å². The molecular weight excluding hydrogens is 352 g/mol. The lowest BCUT2D eigenvalue weighted by atomic mass is 10.1. The minimum atomic E-state index is -0.665. The fraction of sp³-hybridized carbons (Fsp3) is 0.350. The Labute approximate surface area is 160 Å². The zero-order valence-corrected chi connectivity index (χ0v) is 16.0. The van der Waals surface area contributed by atoms with E-state index in [1.165, 1.54) is 0 Å². The average molecular weight is 377 g/mol. The molecule has 1 aromatic heterocycles. The van der Waals surface area contributed by atoms with Gasteiger partial charge in [0.2, 0.25) is 0 Å². The summed E-state index contributed by atoms with van der Waals surface area (Å²) in [6, 6.07) is 9.45. The highest BCUT2D eigenvalue weighted by Gasteiger charge is 2.15. The topological polar surface area (TPSA) is 67.5 Å². The van der Waals surface area contributed by atoms with Gasteiger partial charge in [-0.2, -0.15) is 0 Å². The van der Waals surface area contributed by atoms with Crippen molar-refractivity contribution in [3.05, 3.63) is 47.3 Å². The molecule has 0 aliphatic rings. The van der Waals surface area contributed by atoms with E-state index in [1.807, 2.05) is 63.3 Å². The van der Waals surface area contributed by atoms with Crippen LogP contribution in [0.2, 0.25) is 0 Å². The lowest BCUT2D eigenvalue weighted by molar-refractivity contribution is 0.102. The number of nitrogens with one attached hydrogen (secondary N) is 1. The second-order valence-corrected chi connectivity index (χ2v) is 6.36. The van der Waals surface area contributed by atoms with E-state index in [4.69, 9.17) is 15.7 Å². The molecule has 0 saturated heterocycles. The molecule has 0 bridgehead atoms. The number of benzene rings is 1. The van der Waals surface area contributed by atoms with Gasteiger partial charge in [0, 0.05) is 18.2 Å². The molecule has 1 unspecified atom stereocenters. The van der Waals surface area contributed by atoms with Gasteiger partial charge in [-0.1, -0.05) is 29.3 Å². The van der Waals surface area contributed by atoms with E-state index in [0.29, 0.717) is 18.1 Å². The van der Waals surface area contributed by atoms with Gasteiger partial charge in [0.05, 0.1) is 11.2 Å². The van der Waals surface area contributed by atoms with Gasteiger partial charge in [0.1, 0.15) is 18.5 Å². The molecule has 0 aliphatic carbocycles. The molecule has 5 nitrogen and oxygen atoms in total. The number of para-hydroxylation sites is 1. The van der Waals surface area contributed by atoms with Crippen LogP contribution >= 0.6 is 12.4 Å². The Kier molecular flexibility index (Phi) is 8.40. The standard InChI is InChI=1S/C20H24N2O3.ClH/c1-5-20(3,4)21-13-17(23)14-24-19-9-7-6-8-16(19)10-11-18-12-15(2)22-25-18;/h1,6-12,17,21,23H,13-14H2,2-4H3;1H/b11-10+;. The smallest absolute Gasteiger partial charge is 0.159 e. The van der Waals surface area contributed by atoms with E-state index in [1.54, 1.807) is 0 Å². The summed E-state index contributed by atoms with van der Waals surface area (Å²) < 4.78 is 10.9. The molecule has 1 atom stereocenters. The second kappa shape index (κ2) is 10.0. The third-order valence-corrected chi connectivity index (χ3v) is 3.56. The zero-order valence-electron chi connectivity index (χ0n) is 15.2. The van der Waals surface area contributed by atoms with Crippen LogP contribution in [0.15, 0.2) is 34.9 Å². The number of nitrogens with zero attached hydrogens (tertiary/aromatic N) is 1. The number of hydrogen-bond donors (Lipinski definition) is 2. The van der Waals surface area contributed by atoms with Crippen molar-refractivity contribution < 1.29 is 14.4 Å². The van der Waals surface area contributed by atoms with Gasteiger partial charge in [-0.3, -0.25) is 5.32 Å². The van der Waals surface area contributed by atoms with Crippen molar-refractivity contribution in [2.75, 3.05) is 13.2 Å². The maximum atomic E-state index is 10.1. The SMILES string of the molecule is C#CC(C)(C)NCC(O)COc1ccccc1/C=C/c1cc(C)no1.Cl. The van der Waals surface area contributed by atoms with Gasteiger partial charge in [-0.25, -0.2) is 0 Å². The van der Waals surface area contributed by atoms with Crippen LogP contribution in [-0.4, -0.2) is 35.1 Å². The Hall–Kier alpha value is -2.26. The quantitative estimate of drug-likeness (QED) is 0.692.